The fourth-order valence-corrected chi connectivity index (χ4v) is 2.05. The molecule has 0 aliphatic rings. The second kappa shape index (κ2) is 4.10. The van der Waals surface area contributed by atoms with Gasteiger partial charge in [0, 0.05) is 0 Å². The Bertz CT molecular complexity index is 674. The third kappa shape index (κ3) is 1.60. The highest BCUT2D eigenvalue weighted by Gasteiger charge is 2.13. The Labute approximate surface area is 104 Å². The Morgan fingerprint density at radius 3 is 2.67 bits per heavy atom. The zero-order chi connectivity index (χ0) is 12.5. The maximum Gasteiger partial charge on any atom is 0.165 e. The van der Waals surface area contributed by atoms with Crippen LogP contribution in [0.4, 0.5) is 5.82 Å². The van der Waals surface area contributed by atoms with Crippen molar-refractivity contribution in [2.75, 3.05) is 5.73 Å². The van der Waals surface area contributed by atoms with Crippen molar-refractivity contribution in [3.05, 3.63) is 48.5 Å². The van der Waals surface area contributed by atoms with Gasteiger partial charge in [0.15, 0.2) is 11.5 Å². The Kier molecular flexibility index (Phi) is 2.44. The molecule has 0 radical (unpaired) electrons. The molecular weight excluding hydrogens is 226 g/mol. The zero-order valence-electron chi connectivity index (χ0n) is 9.99. The highest BCUT2D eigenvalue weighted by Crippen LogP contribution is 2.23. The van der Waals surface area contributed by atoms with Crippen molar-refractivity contribution in [3.8, 4) is 0 Å². The van der Waals surface area contributed by atoms with Crippen LogP contribution >= 0.6 is 0 Å². The molecule has 5 heteroatoms. The lowest BCUT2D eigenvalue weighted by atomic mass is 10.1. The number of hydrogen-bond donors (Lipinski definition) is 1. The summed E-state index contributed by atoms with van der Waals surface area (Å²) in [6.07, 6.45) is 3.22. The smallest absolute Gasteiger partial charge is 0.165 e. The van der Waals surface area contributed by atoms with Crippen molar-refractivity contribution in [2.45, 2.75) is 13.0 Å². The standard InChI is InChI=1S/C13H13N5/c1-9(10-5-3-2-4-6-10)18-8-17-11-12(14)15-7-16-13(11)18/h2-9H,1H3,(H2,14,15,16). The average molecular weight is 239 g/mol. The van der Waals surface area contributed by atoms with Crippen LogP contribution in [0.3, 0.4) is 0 Å². The summed E-state index contributed by atoms with van der Waals surface area (Å²) in [4.78, 5) is 12.5. The minimum atomic E-state index is 0.158. The molecule has 2 N–H and O–H groups in total. The molecule has 0 aliphatic carbocycles. The molecule has 0 saturated carbocycles. The molecule has 0 bridgehead atoms. The van der Waals surface area contributed by atoms with Gasteiger partial charge in [0.2, 0.25) is 0 Å². The molecule has 90 valence electrons. The first-order valence-corrected chi connectivity index (χ1v) is 5.75. The van der Waals surface area contributed by atoms with Crippen LogP contribution in [0.2, 0.25) is 0 Å². The van der Waals surface area contributed by atoms with E-state index in [1.807, 2.05) is 22.8 Å². The average Bonchev–Trinajstić information content (AvgIpc) is 2.84. The second-order valence-corrected chi connectivity index (χ2v) is 4.17. The SMILES string of the molecule is CC(c1ccccc1)n1cnc2c(N)ncnc21. The van der Waals surface area contributed by atoms with Gasteiger partial charge in [0.25, 0.3) is 0 Å². The minimum Gasteiger partial charge on any atom is -0.382 e. The Morgan fingerprint density at radius 1 is 1.11 bits per heavy atom. The van der Waals surface area contributed by atoms with Crippen molar-refractivity contribution in [1.29, 1.82) is 0 Å². The molecule has 2 aromatic heterocycles. The predicted molar refractivity (Wildman–Crippen MR) is 70.0 cm³/mol. The van der Waals surface area contributed by atoms with Crippen LogP contribution in [-0.4, -0.2) is 19.5 Å². The molecular formula is C13H13N5. The lowest BCUT2D eigenvalue weighted by Gasteiger charge is -2.13. The van der Waals surface area contributed by atoms with Gasteiger partial charge in [-0.2, -0.15) is 0 Å². The number of nitrogens with zero attached hydrogens (tertiary/aromatic N) is 4. The van der Waals surface area contributed by atoms with Crippen molar-refractivity contribution in [2.24, 2.45) is 0 Å². The highest BCUT2D eigenvalue weighted by molar-refractivity contribution is 5.81. The van der Waals surface area contributed by atoms with Crippen molar-refractivity contribution < 1.29 is 0 Å². The predicted octanol–water partition coefficient (Wildman–Crippen LogP) is 2.02. The van der Waals surface area contributed by atoms with Crippen LogP contribution in [0.1, 0.15) is 18.5 Å². The molecule has 3 aromatic rings. The Hall–Kier alpha value is -2.43. The Morgan fingerprint density at radius 2 is 1.89 bits per heavy atom. The summed E-state index contributed by atoms with van der Waals surface area (Å²) in [5.74, 6) is 0.416. The van der Waals surface area contributed by atoms with E-state index in [0.29, 0.717) is 11.3 Å². The van der Waals surface area contributed by atoms with Gasteiger partial charge < -0.3 is 10.3 Å². The van der Waals surface area contributed by atoms with Crippen LogP contribution in [0.5, 0.6) is 0 Å². The second-order valence-electron chi connectivity index (χ2n) is 4.17. The number of rotatable bonds is 2. The molecule has 0 fully saturated rings. The van der Waals surface area contributed by atoms with Crippen LogP contribution in [0.25, 0.3) is 11.2 Å². The van der Waals surface area contributed by atoms with Gasteiger partial charge in [-0.15, -0.1) is 0 Å². The quantitative estimate of drug-likeness (QED) is 0.742. The number of benzene rings is 1. The van der Waals surface area contributed by atoms with E-state index in [1.165, 1.54) is 11.9 Å². The van der Waals surface area contributed by atoms with Gasteiger partial charge in [-0.1, -0.05) is 30.3 Å². The van der Waals surface area contributed by atoms with Crippen LogP contribution in [0, 0.1) is 0 Å². The van der Waals surface area contributed by atoms with Gasteiger partial charge in [-0.05, 0) is 12.5 Å². The summed E-state index contributed by atoms with van der Waals surface area (Å²) in [5, 5.41) is 0. The molecule has 0 spiro atoms. The summed E-state index contributed by atoms with van der Waals surface area (Å²) in [5.41, 5.74) is 8.40. The molecule has 18 heavy (non-hydrogen) atoms. The fraction of sp³-hybridized carbons (Fsp3) is 0.154. The summed E-state index contributed by atoms with van der Waals surface area (Å²) >= 11 is 0. The number of aromatic nitrogens is 4. The maximum atomic E-state index is 5.78. The lowest BCUT2D eigenvalue weighted by molar-refractivity contribution is 0.652. The van der Waals surface area contributed by atoms with E-state index in [9.17, 15) is 0 Å². The molecule has 5 nitrogen and oxygen atoms in total. The lowest BCUT2D eigenvalue weighted by Crippen LogP contribution is -2.06. The first kappa shape index (κ1) is 10.7. The maximum absolute atomic E-state index is 5.78. The molecule has 2 heterocycles. The largest absolute Gasteiger partial charge is 0.382 e. The van der Waals surface area contributed by atoms with Crippen molar-refractivity contribution in [3.63, 3.8) is 0 Å². The normalized spacial score (nSPS) is 12.7. The number of hydrogen-bond acceptors (Lipinski definition) is 4. The third-order valence-corrected chi connectivity index (χ3v) is 3.09. The molecule has 1 atom stereocenters. The van der Waals surface area contributed by atoms with Gasteiger partial charge in [0.05, 0.1) is 12.4 Å². The van der Waals surface area contributed by atoms with Crippen LogP contribution < -0.4 is 5.73 Å². The van der Waals surface area contributed by atoms with E-state index in [1.54, 1.807) is 6.33 Å². The zero-order valence-corrected chi connectivity index (χ0v) is 9.99. The van der Waals surface area contributed by atoms with Crippen molar-refractivity contribution >= 4 is 17.0 Å². The molecule has 1 aromatic carbocycles. The van der Waals surface area contributed by atoms with Gasteiger partial charge in [0.1, 0.15) is 11.8 Å². The van der Waals surface area contributed by atoms with Crippen LogP contribution in [-0.2, 0) is 0 Å². The molecule has 1 unspecified atom stereocenters. The van der Waals surface area contributed by atoms with E-state index in [-0.39, 0.29) is 6.04 Å². The van der Waals surface area contributed by atoms with Gasteiger partial charge >= 0.3 is 0 Å². The van der Waals surface area contributed by atoms with E-state index in [2.05, 4.69) is 34.0 Å². The highest BCUT2D eigenvalue weighted by atomic mass is 15.1. The van der Waals surface area contributed by atoms with E-state index < -0.39 is 0 Å². The van der Waals surface area contributed by atoms with Gasteiger partial charge in [-0.3, -0.25) is 0 Å². The molecule has 0 saturated heterocycles. The number of nitrogen functional groups attached to an aromatic ring is 1. The minimum absolute atomic E-state index is 0.158. The molecule has 0 aliphatic heterocycles. The molecule has 0 amide bonds. The number of imidazole rings is 1. The van der Waals surface area contributed by atoms with E-state index in [4.69, 9.17) is 5.73 Å². The van der Waals surface area contributed by atoms with Crippen LogP contribution in [0.15, 0.2) is 43.0 Å². The Balaban J connectivity index is 2.13. The first-order chi connectivity index (χ1) is 8.77. The van der Waals surface area contributed by atoms with Gasteiger partial charge in [-0.25, -0.2) is 15.0 Å². The fourth-order valence-electron chi connectivity index (χ4n) is 2.05. The topological polar surface area (TPSA) is 69.6 Å². The number of fused-ring (bicyclic) bond motifs is 1. The van der Waals surface area contributed by atoms with E-state index in [0.717, 1.165) is 5.65 Å². The summed E-state index contributed by atoms with van der Waals surface area (Å²) in [6.45, 7) is 2.11. The third-order valence-electron chi connectivity index (χ3n) is 3.09. The summed E-state index contributed by atoms with van der Waals surface area (Å²) in [6, 6.07) is 10.4. The monoisotopic (exact) mass is 239 g/mol. The summed E-state index contributed by atoms with van der Waals surface area (Å²) < 4.78 is 2.00. The first-order valence-electron chi connectivity index (χ1n) is 5.75. The molecule has 3 rings (SSSR count). The van der Waals surface area contributed by atoms with Crippen molar-refractivity contribution in [1.82, 2.24) is 19.5 Å². The number of anilines is 1. The number of nitrogens with two attached hydrogens (primary N) is 1. The van der Waals surface area contributed by atoms with E-state index >= 15 is 0 Å². The summed E-state index contributed by atoms with van der Waals surface area (Å²) in [7, 11) is 0.